The Morgan fingerprint density at radius 1 is 1.42 bits per heavy atom. The van der Waals surface area contributed by atoms with Gasteiger partial charge in [0.2, 0.25) is 0 Å². The van der Waals surface area contributed by atoms with Crippen molar-refractivity contribution in [3.05, 3.63) is 0 Å². The van der Waals surface area contributed by atoms with Crippen LogP contribution in [-0.2, 0) is 9.59 Å². The molecule has 2 amide bonds. The molecular formula is C16H29N3O4S. The molecule has 0 saturated carbocycles. The molecule has 0 aliphatic carbocycles. The highest BCUT2D eigenvalue weighted by molar-refractivity contribution is 8.00. The summed E-state index contributed by atoms with van der Waals surface area (Å²) >= 11 is 1.87. The van der Waals surface area contributed by atoms with Crippen molar-refractivity contribution in [1.82, 2.24) is 10.6 Å². The summed E-state index contributed by atoms with van der Waals surface area (Å²) in [5.74, 6) is 0.236. The molecule has 7 nitrogen and oxygen atoms in total. The summed E-state index contributed by atoms with van der Waals surface area (Å²) in [5.41, 5.74) is 5.29. The number of carboxylic acids is 1. The number of unbranched alkanes of at least 4 members (excludes halogenated alkanes) is 2. The number of carbonyl (C=O) groups excluding carboxylic acids is 2. The summed E-state index contributed by atoms with van der Waals surface area (Å²) in [5, 5.41) is 14.8. The van der Waals surface area contributed by atoms with Crippen LogP contribution < -0.4 is 16.4 Å². The maximum Gasteiger partial charge on any atom is 0.315 e. The lowest BCUT2D eigenvalue weighted by atomic mass is 10.0. The average Bonchev–Trinajstić information content (AvgIpc) is 3.09. The molecule has 2 heterocycles. The van der Waals surface area contributed by atoms with Gasteiger partial charge in [-0.25, -0.2) is 4.79 Å². The summed E-state index contributed by atoms with van der Waals surface area (Å²) < 4.78 is 0. The molecule has 0 aromatic heterocycles. The highest BCUT2D eigenvalue weighted by Crippen LogP contribution is 2.33. The van der Waals surface area contributed by atoms with Gasteiger partial charge in [-0.3, -0.25) is 4.79 Å². The second kappa shape index (κ2) is 11.3. The smallest absolute Gasteiger partial charge is 0.315 e. The molecule has 5 N–H and O–H groups in total. The van der Waals surface area contributed by atoms with E-state index in [0.717, 1.165) is 50.6 Å². The van der Waals surface area contributed by atoms with E-state index in [1.165, 1.54) is 0 Å². The standard InChI is InChI=1S/C10H16N2O3S.C6H13NO/c13-8(14)4-2-1-3-7-9-6(5-16-7)11-10(15)12-9;1-2-3-4-6(7)5-8/h6-7,9H,1-5H2,(H,13,14)(H2,11,12,15);5-6H,2-4,7H2,1H3/t6-,7-,9-;/m0./s1. The van der Waals surface area contributed by atoms with Gasteiger partial charge < -0.3 is 26.3 Å². The van der Waals surface area contributed by atoms with E-state index >= 15 is 0 Å². The Morgan fingerprint density at radius 2 is 2.17 bits per heavy atom. The highest BCUT2D eigenvalue weighted by atomic mass is 32.2. The van der Waals surface area contributed by atoms with Crippen LogP contribution in [0.5, 0.6) is 0 Å². The maximum absolute atomic E-state index is 11.1. The minimum Gasteiger partial charge on any atom is -0.481 e. The van der Waals surface area contributed by atoms with Crippen LogP contribution in [0.25, 0.3) is 0 Å². The van der Waals surface area contributed by atoms with Gasteiger partial charge in [0.15, 0.2) is 0 Å². The Morgan fingerprint density at radius 3 is 2.79 bits per heavy atom. The average molecular weight is 359 g/mol. The van der Waals surface area contributed by atoms with Gasteiger partial charge in [0.25, 0.3) is 0 Å². The predicted molar refractivity (Wildman–Crippen MR) is 95.2 cm³/mol. The van der Waals surface area contributed by atoms with Crippen molar-refractivity contribution in [2.75, 3.05) is 5.75 Å². The third-order valence-corrected chi connectivity index (χ3v) is 5.64. The Labute approximate surface area is 147 Å². The number of urea groups is 1. The van der Waals surface area contributed by atoms with Gasteiger partial charge in [-0.15, -0.1) is 0 Å². The van der Waals surface area contributed by atoms with Crippen LogP contribution in [0.2, 0.25) is 0 Å². The van der Waals surface area contributed by atoms with E-state index in [9.17, 15) is 14.4 Å². The fourth-order valence-corrected chi connectivity index (χ4v) is 4.32. The third-order valence-electron chi connectivity index (χ3n) is 4.13. The van der Waals surface area contributed by atoms with E-state index in [-0.39, 0.29) is 30.6 Å². The fraction of sp³-hybridized carbons (Fsp3) is 0.812. The number of carbonyl (C=O) groups is 3. The molecule has 0 radical (unpaired) electrons. The molecule has 2 rings (SSSR count). The predicted octanol–water partition coefficient (Wildman–Crippen LogP) is 1.50. The minimum atomic E-state index is -0.729. The summed E-state index contributed by atoms with van der Waals surface area (Å²) in [6.07, 6.45) is 6.68. The maximum atomic E-state index is 11.1. The summed E-state index contributed by atoms with van der Waals surface area (Å²) in [7, 11) is 0. The zero-order valence-corrected chi connectivity index (χ0v) is 15.0. The van der Waals surface area contributed by atoms with Crippen molar-refractivity contribution >= 4 is 30.0 Å². The van der Waals surface area contributed by atoms with Crippen molar-refractivity contribution in [2.24, 2.45) is 5.73 Å². The minimum absolute atomic E-state index is 0.0640. The van der Waals surface area contributed by atoms with E-state index in [1.54, 1.807) is 0 Å². The molecule has 138 valence electrons. The number of aliphatic carboxylic acids is 1. The van der Waals surface area contributed by atoms with E-state index in [0.29, 0.717) is 5.25 Å². The fourth-order valence-electron chi connectivity index (χ4n) is 2.77. The monoisotopic (exact) mass is 359 g/mol. The topological polar surface area (TPSA) is 122 Å². The molecule has 0 bridgehead atoms. The second-order valence-electron chi connectivity index (χ2n) is 6.20. The molecule has 2 fully saturated rings. The largest absolute Gasteiger partial charge is 0.481 e. The zero-order chi connectivity index (χ0) is 17.9. The van der Waals surface area contributed by atoms with E-state index in [1.807, 2.05) is 11.8 Å². The normalized spacial score (nSPS) is 25.8. The lowest BCUT2D eigenvalue weighted by Crippen LogP contribution is -2.36. The van der Waals surface area contributed by atoms with Crippen molar-refractivity contribution in [1.29, 1.82) is 0 Å². The quantitative estimate of drug-likeness (QED) is 0.281. The van der Waals surface area contributed by atoms with E-state index in [2.05, 4.69) is 17.6 Å². The molecule has 2 aliphatic heterocycles. The van der Waals surface area contributed by atoms with Gasteiger partial charge in [-0.2, -0.15) is 11.8 Å². The van der Waals surface area contributed by atoms with Gasteiger partial charge in [0, 0.05) is 17.4 Å². The number of amides is 2. The van der Waals surface area contributed by atoms with Crippen LogP contribution in [0.4, 0.5) is 4.79 Å². The number of carboxylic acid groups (broad SMARTS) is 1. The molecule has 0 aromatic carbocycles. The number of nitrogens with one attached hydrogen (secondary N) is 2. The lowest BCUT2D eigenvalue weighted by molar-refractivity contribution is -0.137. The van der Waals surface area contributed by atoms with Crippen LogP contribution >= 0.6 is 11.8 Å². The molecule has 0 spiro atoms. The number of hydrogen-bond acceptors (Lipinski definition) is 5. The molecule has 2 saturated heterocycles. The molecule has 24 heavy (non-hydrogen) atoms. The molecule has 4 atom stereocenters. The number of thioether (sulfide) groups is 1. The molecular weight excluding hydrogens is 330 g/mol. The van der Waals surface area contributed by atoms with Gasteiger partial charge in [0.05, 0.1) is 18.1 Å². The van der Waals surface area contributed by atoms with Crippen molar-refractivity contribution in [3.8, 4) is 0 Å². The number of rotatable bonds is 9. The SMILES string of the molecule is CCCCC(N)C=O.O=C(O)CCCC[C@@H]1SC[C@@H]2NC(=O)N[C@@H]21. The molecule has 2 aliphatic rings. The Balaban J connectivity index is 0.000000307. The van der Waals surface area contributed by atoms with Crippen molar-refractivity contribution in [3.63, 3.8) is 0 Å². The zero-order valence-electron chi connectivity index (χ0n) is 14.2. The summed E-state index contributed by atoms with van der Waals surface area (Å²) in [4.78, 5) is 31.3. The third kappa shape index (κ3) is 7.53. The molecule has 8 heteroatoms. The van der Waals surface area contributed by atoms with Crippen molar-refractivity contribution < 1.29 is 19.5 Å². The number of nitrogens with two attached hydrogens (primary N) is 1. The summed E-state index contributed by atoms with van der Waals surface area (Å²) in [6, 6.07) is 0.213. The van der Waals surface area contributed by atoms with Crippen molar-refractivity contribution in [2.45, 2.75) is 75.2 Å². The Hall–Kier alpha value is -1.28. The molecule has 0 aromatic rings. The van der Waals surface area contributed by atoms with Crippen LogP contribution in [-0.4, -0.2) is 52.5 Å². The van der Waals surface area contributed by atoms with Crippen LogP contribution in [0.15, 0.2) is 0 Å². The van der Waals surface area contributed by atoms with E-state index in [4.69, 9.17) is 10.8 Å². The van der Waals surface area contributed by atoms with Crippen LogP contribution in [0, 0.1) is 0 Å². The van der Waals surface area contributed by atoms with Gasteiger partial charge in [0.1, 0.15) is 6.29 Å². The lowest BCUT2D eigenvalue weighted by Gasteiger charge is -2.16. The number of aldehydes is 1. The first-order valence-electron chi connectivity index (χ1n) is 8.59. The second-order valence-corrected chi connectivity index (χ2v) is 7.48. The van der Waals surface area contributed by atoms with Gasteiger partial charge in [-0.05, 0) is 19.3 Å². The first-order valence-corrected chi connectivity index (χ1v) is 9.64. The van der Waals surface area contributed by atoms with E-state index < -0.39 is 5.97 Å². The Bertz CT molecular complexity index is 422. The molecule has 1 unspecified atom stereocenters. The van der Waals surface area contributed by atoms with Crippen LogP contribution in [0.3, 0.4) is 0 Å². The van der Waals surface area contributed by atoms with Gasteiger partial charge >= 0.3 is 12.0 Å². The number of hydrogen-bond donors (Lipinski definition) is 4. The number of fused-ring (bicyclic) bond motifs is 1. The first kappa shape index (κ1) is 20.8. The Kier molecular flexibility index (Phi) is 9.78. The first-order chi connectivity index (χ1) is 11.5. The highest BCUT2D eigenvalue weighted by Gasteiger charge is 2.42. The van der Waals surface area contributed by atoms with Crippen LogP contribution in [0.1, 0.15) is 51.9 Å². The summed E-state index contributed by atoms with van der Waals surface area (Å²) in [6.45, 7) is 2.08. The van der Waals surface area contributed by atoms with Gasteiger partial charge in [-0.1, -0.05) is 26.2 Å².